The van der Waals surface area contributed by atoms with Crippen molar-refractivity contribution in [1.29, 1.82) is 0 Å². The number of fused-ring (bicyclic) bond motifs is 1. The maximum absolute atomic E-state index is 10.6. The average Bonchev–Trinajstić information content (AvgIpc) is 2.52. The minimum atomic E-state index is 0.710. The molecule has 0 fully saturated rings. The van der Waals surface area contributed by atoms with Gasteiger partial charge in [-0.2, -0.15) is 0 Å². The highest BCUT2D eigenvalue weighted by molar-refractivity contribution is 7.22. The second kappa shape index (κ2) is 3.71. The summed E-state index contributed by atoms with van der Waals surface area (Å²) in [4.78, 5) is 10.6. The predicted octanol–water partition coefficient (Wildman–Crippen LogP) is 3.93. The van der Waals surface area contributed by atoms with E-state index in [0.29, 0.717) is 5.56 Å². The van der Waals surface area contributed by atoms with Gasteiger partial charge in [0.25, 0.3) is 0 Å². The summed E-state index contributed by atoms with van der Waals surface area (Å²) >= 11 is 7.67. The number of halogens is 1. The number of hydrogen-bond acceptors (Lipinski definition) is 2. The Hall–Kier alpha value is -0.860. The van der Waals surface area contributed by atoms with Crippen LogP contribution in [-0.2, 0) is 6.42 Å². The monoisotopic (exact) mass is 224 g/mol. The quantitative estimate of drug-likeness (QED) is 0.707. The van der Waals surface area contributed by atoms with E-state index in [0.717, 1.165) is 32.7 Å². The van der Waals surface area contributed by atoms with Gasteiger partial charge in [-0.1, -0.05) is 24.6 Å². The van der Waals surface area contributed by atoms with E-state index in [9.17, 15) is 4.79 Å². The van der Waals surface area contributed by atoms with Crippen LogP contribution in [0, 0.1) is 0 Å². The van der Waals surface area contributed by atoms with Crippen molar-refractivity contribution in [3.63, 3.8) is 0 Å². The first-order valence-corrected chi connectivity index (χ1v) is 5.61. The Morgan fingerprint density at radius 2 is 2.29 bits per heavy atom. The van der Waals surface area contributed by atoms with E-state index in [4.69, 9.17) is 11.6 Å². The van der Waals surface area contributed by atoms with E-state index in [-0.39, 0.29) is 0 Å². The number of hydrogen-bond donors (Lipinski definition) is 0. The first kappa shape index (κ1) is 9.69. The Bertz CT molecular complexity index is 487. The van der Waals surface area contributed by atoms with Gasteiger partial charge in [0.15, 0.2) is 0 Å². The standard InChI is InChI=1S/C11H9ClOS/c1-2-8-9-5-7(6-13)3-4-10(9)14-11(8)12/h3-6H,2H2,1H3. The molecule has 0 aliphatic rings. The molecule has 0 saturated heterocycles. The van der Waals surface area contributed by atoms with Crippen LogP contribution in [-0.4, -0.2) is 6.29 Å². The first-order valence-electron chi connectivity index (χ1n) is 4.42. The summed E-state index contributed by atoms with van der Waals surface area (Å²) in [6.07, 6.45) is 1.77. The summed E-state index contributed by atoms with van der Waals surface area (Å²) in [5, 5.41) is 1.12. The van der Waals surface area contributed by atoms with Gasteiger partial charge < -0.3 is 0 Å². The molecule has 1 nitrogen and oxygen atoms in total. The third-order valence-electron chi connectivity index (χ3n) is 2.26. The Kier molecular flexibility index (Phi) is 2.57. The molecule has 0 N–H and O–H groups in total. The summed E-state index contributed by atoms with van der Waals surface area (Å²) in [5.41, 5.74) is 1.86. The molecule has 0 spiro atoms. The molecule has 72 valence electrons. The van der Waals surface area contributed by atoms with E-state index < -0.39 is 0 Å². The molecule has 0 atom stereocenters. The van der Waals surface area contributed by atoms with Gasteiger partial charge in [-0.15, -0.1) is 11.3 Å². The SMILES string of the molecule is CCc1c(Cl)sc2ccc(C=O)cc12. The lowest BCUT2D eigenvalue weighted by atomic mass is 10.1. The minimum Gasteiger partial charge on any atom is -0.298 e. The number of thiophene rings is 1. The summed E-state index contributed by atoms with van der Waals surface area (Å²) in [5.74, 6) is 0. The number of rotatable bonds is 2. The third kappa shape index (κ3) is 1.45. The number of carbonyl (C=O) groups excluding carboxylic acids is 1. The fourth-order valence-electron chi connectivity index (χ4n) is 1.54. The van der Waals surface area contributed by atoms with Crippen molar-refractivity contribution in [2.45, 2.75) is 13.3 Å². The topological polar surface area (TPSA) is 17.1 Å². The zero-order chi connectivity index (χ0) is 10.1. The molecule has 3 heteroatoms. The lowest BCUT2D eigenvalue weighted by Gasteiger charge is -1.95. The summed E-state index contributed by atoms with van der Waals surface area (Å²) in [6, 6.07) is 5.68. The number of carbonyl (C=O) groups is 1. The van der Waals surface area contributed by atoms with Gasteiger partial charge in [0, 0.05) is 10.3 Å². The highest BCUT2D eigenvalue weighted by Crippen LogP contribution is 2.35. The largest absolute Gasteiger partial charge is 0.298 e. The minimum absolute atomic E-state index is 0.710. The lowest BCUT2D eigenvalue weighted by molar-refractivity contribution is 0.112. The van der Waals surface area contributed by atoms with Crippen molar-refractivity contribution in [3.05, 3.63) is 33.7 Å². The van der Waals surface area contributed by atoms with Crippen LogP contribution in [0.5, 0.6) is 0 Å². The molecule has 0 unspecified atom stereocenters. The normalized spacial score (nSPS) is 10.7. The van der Waals surface area contributed by atoms with E-state index in [1.54, 1.807) is 11.3 Å². The number of benzene rings is 1. The maximum Gasteiger partial charge on any atom is 0.150 e. The van der Waals surface area contributed by atoms with E-state index in [2.05, 4.69) is 6.92 Å². The Morgan fingerprint density at radius 1 is 1.50 bits per heavy atom. The molecule has 2 aromatic rings. The lowest BCUT2D eigenvalue weighted by Crippen LogP contribution is -1.81. The number of aldehydes is 1. The summed E-state index contributed by atoms with van der Waals surface area (Å²) < 4.78 is 1.99. The molecular weight excluding hydrogens is 216 g/mol. The zero-order valence-corrected chi connectivity index (χ0v) is 9.28. The van der Waals surface area contributed by atoms with Gasteiger partial charge in [0.05, 0.1) is 4.34 Å². The maximum atomic E-state index is 10.6. The molecule has 0 amide bonds. The average molecular weight is 225 g/mol. The van der Waals surface area contributed by atoms with E-state index in [1.807, 2.05) is 18.2 Å². The van der Waals surface area contributed by atoms with Crippen LogP contribution in [0.4, 0.5) is 0 Å². The molecule has 14 heavy (non-hydrogen) atoms. The fraction of sp³-hybridized carbons (Fsp3) is 0.182. The summed E-state index contributed by atoms with van der Waals surface area (Å²) in [7, 11) is 0. The molecule has 0 saturated carbocycles. The van der Waals surface area contributed by atoms with Gasteiger partial charge in [-0.25, -0.2) is 0 Å². The van der Waals surface area contributed by atoms with Crippen LogP contribution in [0.2, 0.25) is 4.34 Å². The first-order chi connectivity index (χ1) is 6.76. The highest BCUT2D eigenvalue weighted by atomic mass is 35.5. The Labute approximate surface area is 91.3 Å². The van der Waals surface area contributed by atoms with Crippen molar-refractivity contribution in [2.75, 3.05) is 0 Å². The van der Waals surface area contributed by atoms with Gasteiger partial charge in [0.2, 0.25) is 0 Å². The highest BCUT2D eigenvalue weighted by Gasteiger charge is 2.08. The van der Waals surface area contributed by atoms with Crippen LogP contribution in [0.1, 0.15) is 22.8 Å². The van der Waals surface area contributed by atoms with Gasteiger partial charge in [-0.3, -0.25) is 4.79 Å². The van der Waals surface area contributed by atoms with Crippen molar-refractivity contribution >= 4 is 39.3 Å². The Balaban J connectivity index is 2.77. The summed E-state index contributed by atoms with van der Waals surface area (Å²) in [6.45, 7) is 2.07. The molecule has 2 rings (SSSR count). The molecular formula is C11H9ClOS. The molecule has 1 aromatic heterocycles. The molecule has 0 bridgehead atoms. The molecule has 0 radical (unpaired) electrons. The van der Waals surface area contributed by atoms with E-state index in [1.165, 1.54) is 0 Å². The van der Waals surface area contributed by atoms with E-state index >= 15 is 0 Å². The molecule has 0 aliphatic carbocycles. The van der Waals surface area contributed by atoms with Crippen LogP contribution < -0.4 is 0 Å². The van der Waals surface area contributed by atoms with Gasteiger partial charge in [-0.05, 0) is 29.5 Å². The van der Waals surface area contributed by atoms with Crippen LogP contribution in [0.25, 0.3) is 10.1 Å². The molecule has 1 heterocycles. The van der Waals surface area contributed by atoms with Crippen molar-refractivity contribution in [3.8, 4) is 0 Å². The smallest absolute Gasteiger partial charge is 0.150 e. The van der Waals surface area contributed by atoms with Gasteiger partial charge >= 0.3 is 0 Å². The van der Waals surface area contributed by atoms with Crippen LogP contribution in [0.3, 0.4) is 0 Å². The van der Waals surface area contributed by atoms with Crippen molar-refractivity contribution < 1.29 is 4.79 Å². The zero-order valence-electron chi connectivity index (χ0n) is 7.71. The molecule has 1 aromatic carbocycles. The second-order valence-corrected chi connectivity index (χ2v) is 4.74. The van der Waals surface area contributed by atoms with Gasteiger partial charge in [0.1, 0.15) is 6.29 Å². The second-order valence-electron chi connectivity index (χ2n) is 3.08. The fourth-order valence-corrected chi connectivity index (χ4v) is 3.02. The number of aryl methyl sites for hydroxylation is 1. The van der Waals surface area contributed by atoms with Crippen molar-refractivity contribution in [1.82, 2.24) is 0 Å². The van der Waals surface area contributed by atoms with Crippen LogP contribution in [0.15, 0.2) is 18.2 Å². The third-order valence-corrected chi connectivity index (χ3v) is 3.72. The Morgan fingerprint density at radius 3 is 2.93 bits per heavy atom. The van der Waals surface area contributed by atoms with Crippen molar-refractivity contribution in [2.24, 2.45) is 0 Å². The van der Waals surface area contributed by atoms with Crippen LogP contribution >= 0.6 is 22.9 Å². The predicted molar refractivity (Wildman–Crippen MR) is 61.6 cm³/mol. The molecule has 0 aliphatic heterocycles.